The normalized spacial score (nSPS) is 10.7. The quantitative estimate of drug-likeness (QED) is 0.634. The van der Waals surface area contributed by atoms with E-state index < -0.39 is 23.8 Å². The topological polar surface area (TPSA) is 39.2 Å². The average molecular weight is 312 g/mol. The Morgan fingerprint density at radius 3 is 2.65 bits per heavy atom. The van der Waals surface area contributed by atoms with Crippen LogP contribution in [0.4, 0.5) is 13.2 Å². The van der Waals surface area contributed by atoms with Crippen molar-refractivity contribution < 1.29 is 22.7 Å². The summed E-state index contributed by atoms with van der Waals surface area (Å²) in [7, 11) is 1.15. The molecule has 1 aromatic heterocycles. The molecular weight excluding hydrogens is 303 g/mol. The third kappa shape index (κ3) is 3.42. The predicted octanol–water partition coefficient (Wildman–Crippen LogP) is 2.77. The average Bonchev–Trinajstić information content (AvgIpc) is 2.30. The van der Waals surface area contributed by atoms with Crippen molar-refractivity contribution >= 4 is 21.9 Å². The summed E-state index contributed by atoms with van der Waals surface area (Å²) < 4.78 is 42.8. The van der Waals surface area contributed by atoms with Crippen molar-refractivity contribution in [3.05, 3.63) is 28.8 Å². The minimum absolute atomic E-state index is 0.0142. The van der Waals surface area contributed by atoms with Gasteiger partial charge in [-0.15, -0.1) is 0 Å². The molecule has 0 aliphatic carbocycles. The van der Waals surface area contributed by atoms with Crippen LogP contribution in [0.2, 0.25) is 0 Å². The lowest BCUT2D eigenvalue weighted by atomic mass is 10.1. The fraction of sp³-hybridized carbons (Fsp3) is 0.400. The first-order valence-electron chi connectivity index (χ1n) is 4.58. The summed E-state index contributed by atoms with van der Waals surface area (Å²) in [6, 6.07) is 0.701. The molecule has 1 aromatic rings. The minimum atomic E-state index is -2.81. The van der Waals surface area contributed by atoms with Gasteiger partial charge < -0.3 is 4.74 Å². The standard InChI is InChI=1S/C10H9BrF3NO2/c1-17-9(16)3-7-6(12)2-5(10(13)14)8(4-11)15-7/h2,10H,3-4H2,1H3. The number of halogens is 4. The smallest absolute Gasteiger partial charge is 0.311 e. The Hall–Kier alpha value is -1.11. The van der Waals surface area contributed by atoms with E-state index in [1.54, 1.807) is 0 Å². The molecule has 0 aliphatic heterocycles. The first-order valence-corrected chi connectivity index (χ1v) is 5.70. The summed E-state index contributed by atoms with van der Waals surface area (Å²) >= 11 is 2.98. The van der Waals surface area contributed by atoms with Crippen LogP contribution in [-0.2, 0) is 21.3 Å². The third-order valence-corrected chi connectivity index (χ3v) is 2.59. The van der Waals surface area contributed by atoms with Crippen molar-refractivity contribution in [2.75, 3.05) is 7.11 Å². The maximum absolute atomic E-state index is 13.4. The van der Waals surface area contributed by atoms with Gasteiger partial charge in [-0.25, -0.2) is 13.2 Å². The van der Waals surface area contributed by atoms with Gasteiger partial charge in [0.05, 0.1) is 24.9 Å². The van der Waals surface area contributed by atoms with E-state index in [4.69, 9.17) is 0 Å². The number of aromatic nitrogens is 1. The van der Waals surface area contributed by atoms with Gasteiger partial charge in [0.15, 0.2) is 0 Å². The molecule has 17 heavy (non-hydrogen) atoms. The molecule has 0 spiro atoms. The van der Waals surface area contributed by atoms with Crippen LogP contribution in [0.5, 0.6) is 0 Å². The zero-order valence-electron chi connectivity index (χ0n) is 8.84. The van der Waals surface area contributed by atoms with Crippen LogP contribution < -0.4 is 0 Å². The molecule has 0 fully saturated rings. The summed E-state index contributed by atoms with van der Waals surface area (Å²) in [6.07, 6.45) is -3.19. The highest BCUT2D eigenvalue weighted by molar-refractivity contribution is 9.08. The van der Waals surface area contributed by atoms with Gasteiger partial charge in [-0.3, -0.25) is 9.78 Å². The Morgan fingerprint density at radius 2 is 2.18 bits per heavy atom. The van der Waals surface area contributed by atoms with Gasteiger partial charge in [-0.05, 0) is 6.07 Å². The fourth-order valence-corrected chi connectivity index (χ4v) is 1.66. The van der Waals surface area contributed by atoms with E-state index in [2.05, 4.69) is 25.7 Å². The highest BCUT2D eigenvalue weighted by Crippen LogP contribution is 2.25. The molecule has 0 saturated heterocycles. The van der Waals surface area contributed by atoms with Crippen LogP contribution >= 0.6 is 15.9 Å². The Kier molecular flexibility index (Phi) is 4.92. The zero-order chi connectivity index (χ0) is 13.0. The monoisotopic (exact) mass is 311 g/mol. The molecule has 1 rings (SSSR count). The summed E-state index contributed by atoms with van der Waals surface area (Å²) in [5.74, 6) is -1.61. The van der Waals surface area contributed by atoms with E-state index in [0.29, 0.717) is 6.07 Å². The van der Waals surface area contributed by atoms with Gasteiger partial charge in [0.1, 0.15) is 5.82 Å². The molecular formula is C10H9BrF3NO2. The first kappa shape index (κ1) is 14.0. The van der Waals surface area contributed by atoms with E-state index in [9.17, 15) is 18.0 Å². The number of hydrogen-bond acceptors (Lipinski definition) is 3. The zero-order valence-corrected chi connectivity index (χ0v) is 10.4. The van der Waals surface area contributed by atoms with Crippen LogP contribution in [0.1, 0.15) is 23.4 Å². The number of methoxy groups -OCH3 is 1. The molecule has 0 radical (unpaired) electrons. The van der Waals surface area contributed by atoms with Crippen LogP contribution in [0, 0.1) is 5.82 Å². The Balaban J connectivity index is 3.13. The number of alkyl halides is 3. The molecule has 0 atom stereocenters. The molecule has 0 N–H and O–H groups in total. The molecule has 0 bridgehead atoms. The number of carbonyl (C=O) groups excluding carboxylic acids is 1. The first-order chi connectivity index (χ1) is 7.99. The van der Waals surface area contributed by atoms with Crippen molar-refractivity contribution in [2.45, 2.75) is 18.2 Å². The minimum Gasteiger partial charge on any atom is -0.469 e. The highest BCUT2D eigenvalue weighted by Gasteiger charge is 2.19. The van der Waals surface area contributed by atoms with E-state index in [1.165, 1.54) is 0 Å². The van der Waals surface area contributed by atoms with Gasteiger partial charge >= 0.3 is 5.97 Å². The lowest BCUT2D eigenvalue weighted by Gasteiger charge is -2.09. The number of nitrogens with zero attached hydrogens (tertiary/aromatic N) is 1. The second kappa shape index (κ2) is 6.00. The van der Waals surface area contributed by atoms with Gasteiger partial charge in [0, 0.05) is 10.9 Å². The van der Waals surface area contributed by atoms with Gasteiger partial charge in [0.2, 0.25) is 0 Å². The molecule has 0 aromatic carbocycles. The van der Waals surface area contributed by atoms with E-state index >= 15 is 0 Å². The third-order valence-electron chi connectivity index (χ3n) is 2.06. The molecule has 1 heterocycles. The van der Waals surface area contributed by atoms with Crippen LogP contribution in [0.15, 0.2) is 6.07 Å². The lowest BCUT2D eigenvalue weighted by Crippen LogP contribution is -2.11. The summed E-state index contributed by atoms with van der Waals surface area (Å²) in [5.41, 5.74) is -0.663. The molecule has 3 nitrogen and oxygen atoms in total. The second-order valence-corrected chi connectivity index (χ2v) is 3.70. The summed E-state index contributed by atoms with van der Waals surface area (Å²) in [4.78, 5) is 14.7. The number of carbonyl (C=O) groups is 1. The molecule has 0 amide bonds. The van der Waals surface area contributed by atoms with Crippen molar-refractivity contribution in [2.24, 2.45) is 0 Å². The number of rotatable bonds is 4. The molecule has 0 saturated carbocycles. The number of hydrogen-bond donors (Lipinski definition) is 0. The molecule has 0 unspecified atom stereocenters. The van der Waals surface area contributed by atoms with Crippen LogP contribution in [0.3, 0.4) is 0 Å². The number of esters is 1. The molecule has 7 heteroatoms. The van der Waals surface area contributed by atoms with Crippen LogP contribution in [0.25, 0.3) is 0 Å². The SMILES string of the molecule is COC(=O)Cc1nc(CBr)c(C(F)F)cc1F. The fourth-order valence-electron chi connectivity index (χ4n) is 1.21. The lowest BCUT2D eigenvalue weighted by molar-refractivity contribution is -0.139. The Morgan fingerprint density at radius 1 is 1.53 bits per heavy atom. The highest BCUT2D eigenvalue weighted by atomic mass is 79.9. The van der Waals surface area contributed by atoms with E-state index in [1.807, 2.05) is 0 Å². The Bertz CT molecular complexity index is 426. The maximum Gasteiger partial charge on any atom is 0.311 e. The van der Waals surface area contributed by atoms with E-state index in [0.717, 1.165) is 7.11 Å². The second-order valence-electron chi connectivity index (χ2n) is 3.14. The molecule has 0 aliphatic rings. The van der Waals surface area contributed by atoms with Crippen molar-refractivity contribution in [1.29, 1.82) is 0 Å². The van der Waals surface area contributed by atoms with Crippen molar-refractivity contribution in [3.8, 4) is 0 Å². The Labute approximate surface area is 104 Å². The largest absolute Gasteiger partial charge is 0.469 e. The van der Waals surface area contributed by atoms with Crippen LogP contribution in [-0.4, -0.2) is 18.1 Å². The molecule has 94 valence electrons. The van der Waals surface area contributed by atoms with Gasteiger partial charge in [-0.1, -0.05) is 15.9 Å². The van der Waals surface area contributed by atoms with Gasteiger partial charge in [-0.2, -0.15) is 0 Å². The number of ether oxygens (including phenoxy) is 1. The summed E-state index contributed by atoms with van der Waals surface area (Å²) in [6.45, 7) is 0. The number of pyridine rings is 1. The van der Waals surface area contributed by atoms with E-state index in [-0.39, 0.29) is 23.1 Å². The maximum atomic E-state index is 13.4. The van der Waals surface area contributed by atoms with Crippen molar-refractivity contribution in [3.63, 3.8) is 0 Å². The predicted molar refractivity (Wildman–Crippen MR) is 57.5 cm³/mol. The summed E-state index contributed by atoms with van der Waals surface area (Å²) in [5, 5.41) is 0.0567. The van der Waals surface area contributed by atoms with Crippen molar-refractivity contribution in [1.82, 2.24) is 4.98 Å². The van der Waals surface area contributed by atoms with Gasteiger partial charge in [0.25, 0.3) is 6.43 Å².